The molecule has 2 aliphatic rings. The molecule has 0 fully saturated rings. The summed E-state index contributed by atoms with van der Waals surface area (Å²) in [5.41, 5.74) is 9.11. The Morgan fingerprint density at radius 3 is 2.85 bits per heavy atom. The number of rotatable bonds is 4. The topological polar surface area (TPSA) is 62.8 Å². The third kappa shape index (κ3) is 3.48. The number of amidine groups is 2. The van der Waals surface area contributed by atoms with E-state index in [-0.39, 0.29) is 5.54 Å². The second-order valence-corrected chi connectivity index (χ2v) is 8.15. The van der Waals surface area contributed by atoms with Crippen molar-refractivity contribution in [3.05, 3.63) is 75.8 Å². The maximum atomic E-state index is 6.13. The van der Waals surface area contributed by atoms with Crippen LogP contribution in [0.15, 0.2) is 80.2 Å². The molecule has 0 spiro atoms. The van der Waals surface area contributed by atoms with E-state index in [9.17, 15) is 0 Å². The van der Waals surface area contributed by atoms with Crippen LogP contribution in [0.5, 0.6) is 0 Å². The molecule has 1 unspecified atom stereocenters. The zero-order valence-corrected chi connectivity index (χ0v) is 16.1. The minimum absolute atomic E-state index is 0.303. The molecule has 26 heavy (non-hydrogen) atoms. The van der Waals surface area contributed by atoms with Gasteiger partial charge in [-0.1, -0.05) is 18.2 Å². The summed E-state index contributed by atoms with van der Waals surface area (Å²) < 4.78 is 0. The van der Waals surface area contributed by atoms with Gasteiger partial charge in [-0.25, -0.2) is 4.99 Å². The summed E-state index contributed by atoms with van der Waals surface area (Å²) in [7, 11) is 0. The number of hydrogen-bond donors (Lipinski definition) is 3. The standard InChI is InChI=1S/C20H20N4S2/c1-20-12-14(22-19(21)16-3-2-10-26-16)6-9-17(20)23-18(24-20)11-13-4-7-15(25)8-5-13/h2-10,25H,11-12H2,1H3,(H2,21,22)(H,23,24). The second-order valence-electron chi connectivity index (χ2n) is 6.69. The summed E-state index contributed by atoms with van der Waals surface area (Å²) in [5, 5.41) is 5.47. The first-order chi connectivity index (χ1) is 12.5. The number of aliphatic imine (C=N–C) groups is 2. The number of fused-ring (bicyclic) bond motifs is 1. The van der Waals surface area contributed by atoms with E-state index in [1.807, 2.05) is 35.7 Å². The lowest BCUT2D eigenvalue weighted by molar-refractivity contribution is 0.545. The summed E-state index contributed by atoms with van der Waals surface area (Å²) in [5.74, 6) is 1.55. The van der Waals surface area contributed by atoms with Crippen LogP contribution >= 0.6 is 24.0 Å². The number of allylic oxidation sites excluding steroid dienone is 2. The number of thiophene rings is 1. The molecule has 1 atom stereocenters. The molecule has 2 heterocycles. The zero-order valence-electron chi connectivity index (χ0n) is 14.4. The van der Waals surface area contributed by atoms with Gasteiger partial charge < -0.3 is 11.1 Å². The molecule has 1 aliphatic carbocycles. The molecule has 0 radical (unpaired) electrons. The van der Waals surface area contributed by atoms with Crippen LogP contribution in [-0.4, -0.2) is 17.2 Å². The van der Waals surface area contributed by atoms with Crippen LogP contribution < -0.4 is 11.1 Å². The van der Waals surface area contributed by atoms with Gasteiger partial charge in [0.1, 0.15) is 17.2 Å². The Labute approximate surface area is 162 Å². The lowest BCUT2D eigenvalue weighted by Crippen LogP contribution is -2.29. The highest BCUT2D eigenvalue weighted by Gasteiger charge is 2.37. The molecule has 2 aromatic rings. The molecule has 1 aliphatic heterocycles. The number of benzene rings is 1. The first-order valence-corrected chi connectivity index (χ1v) is 9.78. The van der Waals surface area contributed by atoms with Crippen LogP contribution in [0.2, 0.25) is 0 Å². The molecule has 6 heteroatoms. The molecule has 0 amide bonds. The fourth-order valence-corrected chi connectivity index (χ4v) is 4.00. The van der Waals surface area contributed by atoms with E-state index in [1.165, 1.54) is 5.56 Å². The molecule has 0 saturated carbocycles. The molecule has 1 aromatic carbocycles. The maximum Gasteiger partial charge on any atom is 0.141 e. The van der Waals surface area contributed by atoms with Gasteiger partial charge in [-0.3, -0.25) is 4.99 Å². The summed E-state index contributed by atoms with van der Waals surface area (Å²) in [6.07, 6.45) is 5.60. The monoisotopic (exact) mass is 380 g/mol. The molecule has 1 aromatic heterocycles. The highest BCUT2D eigenvalue weighted by molar-refractivity contribution is 7.80. The molecule has 0 saturated heterocycles. The Bertz CT molecular complexity index is 937. The second kappa shape index (κ2) is 6.78. The number of hydrogen-bond acceptors (Lipinski definition) is 5. The average Bonchev–Trinajstić information content (AvgIpc) is 3.23. The van der Waals surface area contributed by atoms with E-state index >= 15 is 0 Å². The first kappa shape index (κ1) is 17.1. The van der Waals surface area contributed by atoms with E-state index in [2.05, 4.69) is 48.1 Å². The van der Waals surface area contributed by atoms with Crippen LogP contribution in [0.3, 0.4) is 0 Å². The Balaban J connectivity index is 1.52. The van der Waals surface area contributed by atoms with Crippen LogP contribution in [-0.2, 0) is 6.42 Å². The number of nitrogens with zero attached hydrogens (tertiary/aromatic N) is 2. The van der Waals surface area contributed by atoms with Crippen LogP contribution in [0.25, 0.3) is 0 Å². The minimum atomic E-state index is -0.303. The van der Waals surface area contributed by atoms with Crippen molar-refractivity contribution < 1.29 is 0 Å². The Morgan fingerprint density at radius 2 is 2.12 bits per heavy atom. The minimum Gasteiger partial charge on any atom is -0.383 e. The van der Waals surface area contributed by atoms with Crippen LogP contribution in [0.1, 0.15) is 23.8 Å². The molecule has 132 valence electrons. The van der Waals surface area contributed by atoms with Gasteiger partial charge in [-0.2, -0.15) is 0 Å². The van der Waals surface area contributed by atoms with Gasteiger partial charge in [-0.15, -0.1) is 24.0 Å². The van der Waals surface area contributed by atoms with E-state index in [0.29, 0.717) is 5.84 Å². The van der Waals surface area contributed by atoms with Crippen molar-refractivity contribution in [3.63, 3.8) is 0 Å². The highest BCUT2D eigenvalue weighted by Crippen LogP contribution is 2.36. The third-order valence-corrected chi connectivity index (χ3v) is 5.74. The van der Waals surface area contributed by atoms with Gasteiger partial charge in [0.25, 0.3) is 0 Å². The van der Waals surface area contributed by atoms with Gasteiger partial charge in [-0.05, 0) is 48.2 Å². The van der Waals surface area contributed by atoms with Crippen LogP contribution in [0, 0.1) is 0 Å². The predicted molar refractivity (Wildman–Crippen MR) is 112 cm³/mol. The third-order valence-electron chi connectivity index (χ3n) is 4.55. The van der Waals surface area contributed by atoms with Crippen molar-refractivity contribution >= 4 is 35.6 Å². The van der Waals surface area contributed by atoms with Gasteiger partial charge in [0.15, 0.2) is 0 Å². The smallest absolute Gasteiger partial charge is 0.141 e. The molecule has 0 bridgehead atoms. The van der Waals surface area contributed by atoms with Gasteiger partial charge in [0, 0.05) is 29.1 Å². The summed E-state index contributed by atoms with van der Waals surface area (Å²) in [6, 6.07) is 12.1. The fourth-order valence-electron chi connectivity index (χ4n) is 3.23. The van der Waals surface area contributed by atoms with Crippen molar-refractivity contribution in [1.82, 2.24) is 5.32 Å². The van der Waals surface area contributed by atoms with Crippen molar-refractivity contribution in [3.8, 4) is 0 Å². The molecule has 4 nitrogen and oxygen atoms in total. The van der Waals surface area contributed by atoms with Gasteiger partial charge in [0.2, 0.25) is 0 Å². The fraction of sp³-hybridized carbons (Fsp3) is 0.200. The van der Waals surface area contributed by atoms with Crippen molar-refractivity contribution in [2.45, 2.75) is 30.2 Å². The molecule has 3 N–H and O–H groups in total. The quantitative estimate of drug-likeness (QED) is 0.428. The normalized spacial score (nSPS) is 22.2. The Morgan fingerprint density at radius 1 is 1.31 bits per heavy atom. The van der Waals surface area contributed by atoms with E-state index < -0.39 is 0 Å². The summed E-state index contributed by atoms with van der Waals surface area (Å²) >= 11 is 5.93. The number of nitrogens with two attached hydrogens (primary N) is 1. The van der Waals surface area contributed by atoms with E-state index in [1.54, 1.807) is 11.3 Å². The first-order valence-electron chi connectivity index (χ1n) is 8.45. The Hall–Kier alpha value is -2.31. The van der Waals surface area contributed by atoms with E-state index in [4.69, 9.17) is 10.7 Å². The summed E-state index contributed by atoms with van der Waals surface area (Å²) in [4.78, 5) is 11.5. The van der Waals surface area contributed by atoms with Crippen molar-refractivity contribution in [2.24, 2.45) is 15.7 Å². The van der Waals surface area contributed by atoms with Crippen LogP contribution in [0.4, 0.5) is 0 Å². The predicted octanol–water partition coefficient (Wildman–Crippen LogP) is 3.92. The molecule has 4 rings (SSSR count). The van der Waals surface area contributed by atoms with Gasteiger partial charge >= 0.3 is 0 Å². The van der Waals surface area contributed by atoms with E-state index in [0.717, 1.165) is 39.8 Å². The lowest BCUT2D eigenvalue weighted by Gasteiger charge is -2.25. The Kier molecular flexibility index (Phi) is 4.46. The zero-order chi connectivity index (χ0) is 18.1. The lowest BCUT2D eigenvalue weighted by atomic mass is 9.89. The van der Waals surface area contributed by atoms with Crippen molar-refractivity contribution in [1.29, 1.82) is 0 Å². The number of thiol groups is 1. The summed E-state index contributed by atoms with van der Waals surface area (Å²) in [6.45, 7) is 2.14. The van der Waals surface area contributed by atoms with Crippen molar-refractivity contribution in [2.75, 3.05) is 0 Å². The SMILES string of the molecule is CC12CC(N=C(N)c3cccs3)=CC=C1NC(Cc1ccc(S)cc1)=N2. The largest absolute Gasteiger partial charge is 0.383 e. The average molecular weight is 381 g/mol. The number of nitrogens with one attached hydrogen (secondary N) is 1. The van der Waals surface area contributed by atoms with Gasteiger partial charge in [0.05, 0.1) is 4.88 Å². The molecular weight excluding hydrogens is 360 g/mol. The highest BCUT2D eigenvalue weighted by atomic mass is 32.1. The maximum absolute atomic E-state index is 6.13. The molecular formula is C20H20N4S2.